The summed E-state index contributed by atoms with van der Waals surface area (Å²) < 4.78 is 0. The number of nitrogens with one attached hydrogen (secondary N) is 1. The Morgan fingerprint density at radius 3 is 2.91 bits per heavy atom. The second-order valence-corrected chi connectivity index (χ2v) is 2.07. The molecule has 1 N–H and O–H groups in total. The molecule has 11 heavy (non-hydrogen) atoms. The first-order valence-electron chi connectivity index (χ1n) is 2.95. The number of carbonyl (C=O) groups is 2. The van der Waals surface area contributed by atoms with E-state index in [-0.39, 0.29) is 5.69 Å². The van der Waals surface area contributed by atoms with Crippen molar-refractivity contribution < 1.29 is 9.59 Å². The first kappa shape index (κ1) is 5.96. The fourth-order valence-corrected chi connectivity index (χ4v) is 0.889. The molecule has 0 fully saturated rings. The third-order valence-electron chi connectivity index (χ3n) is 1.38. The molecule has 2 heterocycles. The van der Waals surface area contributed by atoms with Crippen LogP contribution in [0, 0.1) is 0 Å². The summed E-state index contributed by atoms with van der Waals surface area (Å²) in [5, 5.41) is 2.33. The van der Waals surface area contributed by atoms with Gasteiger partial charge in [0.25, 0.3) is 11.7 Å². The SMILES string of the molecule is O=C1Nc2cncnc2C1=O. The number of ketones is 1. The average molecular weight is 149 g/mol. The van der Waals surface area contributed by atoms with Gasteiger partial charge in [0.2, 0.25) is 0 Å². The number of carbonyl (C=O) groups excluding carboxylic acids is 2. The highest BCUT2D eigenvalue weighted by atomic mass is 16.2. The van der Waals surface area contributed by atoms with E-state index in [1.54, 1.807) is 0 Å². The largest absolute Gasteiger partial charge is 0.316 e. The lowest BCUT2D eigenvalue weighted by molar-refractivity contribution is -0.112. The van der Waals surface area contributed by atoms with Crippen LogP contribution >= 0.6 is 0 Å². The molecular formula is C6H3N3O2. The van der Waals surface area contributed by atoms with Gasteiger partial charge in [-0.3, -0.25) is 9.59 Å². The van der Waals surface area contributed by atoms with Gasteiger partial charge in [-0.15, -0.1) is 0 Å². The first-order chi connectivity index (χ1) is 5.29. The normalized spacial score (nSPS) is 14.5. The number of anilines is 1. The average Bonchev–Trinajstić information content (AvgIpc) is 2.30. The van der Waals surface area contributed by atoms with Crippen molar-refractivity contribution in [2.24, 2.45) is 0 Å². The van der Waals surface area contributed by atoms with Crippen molar-refractivity contribution in [2.45, 2.75) is 0 Å². The molecule has 0 atom stereocenters. The lowest BCUT2D eigenvalue weighted by atomic mass is 10.3. The molecule has 2 rings (SSSR count). The summed E-state index contributed by atoms with van der Waals surface area (Å²) in [6.45, 7) is 0. The topological polar surface area (TPSA) is 72.0 Å². The predicted octanol–water partition coefficient (Wildman–Crippen LogP) is -0.389. The van der Waals surface area contributed by atoms with Crippen LogP contribution in [-0.4, -0.2) is 21.7 Å². The van der Waals surface area contributed by atoms with Gasteiger partial charge in [-0.25, -0.2) is 9.97 Å². The van der Waals surface area contributed by atoms with Gasteiger partial charge in [0.15, 0.2) is 0 Å². The van der Waals surface area contributed by atoms with Crippen molar-refractivity contribution in [1.29, 1.82) is 0 Å². The van der Waals surface area contributed by atoms with Crippen LogP contribution in [0.1, 0.15) is 10.5 Å². The van der Waals surface area contributed by atoms with Crippen LogP contribution in [0.4, 0.5) is 5.69 Å². The second-order valence-electron chi connectivity index (χ2n) is 2.07. The summed E-state index contributed by atoms with van der Waals surface area (Å²) in [5.41, 5.74) is 0.549. The Kier molecular flexibility index (Phi) is 1.00. The van der Waals surface area contributed by atoms with Gasteiger partial charge in [-0.1, -0.05) is 0 Å². The first-order valence-corrected chi connectivity index (χ1v) is 2.95. The quantitative estimate of drug-likeness (QED) is 0.510. The molecule has 0 aliphatic carbocycles. The molecule has 1 aliphatic rings. The Balaban J connectivity index is 2.64. The predicted molar refractivity (Wildman–Crippen MR) is 35.0 cm³/mol. The molecule has 0 unspecified atom stereocenters. The molecule has 5 nitrogen and oxygen atoms in total. The minimum atomic E-state index is -0.638. The van der Waals surface area contributed by atoms with Crippen LogP contribution < -0.4 is 5.32 Å². The summed E-state index contributed by atoms with van der Waals surface area (Å²) >= 11 is 0. The van der Waals surface area contributed by atoms with Crippen molar-refractivity contribution in [2.75, 3.05) is 5.32 Å². The molecule has 0 aromatic carbocycles. The number of Topliss-reactive ketones (excluding diaryl/α,β-unsaturated/α-hetero) is 1. The highest BCUT2D eigenvalue weighted by Crippen LogP contribution is 2.17. The van der Waals surface area contributed by atoms with E-state index < -0.39 is 11.7 Å². The van der Waals surface area contributed by atoms with Gasteiger partial charge in [0, 0.05) is 0 Å². The Hall–Kier alpha value is -1.78. The van der Waals surface area contributed by atoms with Gasteiger partial charge in [-0.2, -0.15) is 0 Å². The molecule has 1 aromatic rings. The van der Waals surface area contributed by atoms with Gasteiger partial charge < -0.3 is 5.32 Å². The van der Waals surface area contributed by atoms with Crippen LogP contribution in [0.25, 0.3) is 0 Å². The zero-order chi connectivity index (χ0) is 7.84. The molecule has 1 aromatic heterocycles. The van der Waals surface area contributed by atoms with Crippen LogP contribution in [0.5, 0.6) is 0 Å². The summed E-state index contributed by atoms with van der Waals surface area (Å²) in [5.74, 6) is -1.23. The fourth-order valence-electron chi connectivity index (χ4n) is 0.889. The number of fused-ring (bicyclic) bond motifs is 1. The van der Waals surface area contributed by atoms with Crippen molar-refractivity contribution >= 4 is 17.4 Å². The number of nitrogens with zero attached hydrogens (tertiary/aromatic N) is 2. The second kappa shape index (κ2) is 1.85. The summed E-state index contributed by atoms with van der Waals surface area (Å²) in [4.78, 5) is 28.9. The molecule has 0 bridgehead atoms. The minimum Gasteiger partial charge on any atom is -0.316 e. The Morgan fingerprint density at radius 1 is 1.36 bits per heavy atom. The van der Waals surface area contributed by atoms with E-state index in [9.17, 15) is 9.59 Å². The highest BCUT2D eigenvalue weighted by molar-refractivity contribution is 6.51. The monoisotopic (exact) mass is 149 g/mol. The van der Waals surface area contributed by atoms with E-state index in [0.717, 1.165) is 0 Å². The molecule has 0 radical (unpaired) electrons. The van der Waals surface area contributed by atoms with Crippen LogP contribution in [0.15, 0.2) is 12.5 Å². The smallest absolute Gasteiger partial charge is 0.298 e. The summed E-state index contributed by atoms with van der Waals surface area (Å²) in [6, 6.07) is 0. The van der Waals surface area contributed by atoms with Crippen molar-refractivity contribution in [3.8, 4) is 0 Å². The molecule has 5 heteroatoms. The van der Waals surface area contributed by atoms with E-state index in [1.165, 1.54) is 12.5 Å². The van der Waals surface area contributed by atoms with E-state index >= 15 is 0 Å². The third-order valence-corrected chi connectivity index (χ3v) is 1.38. The molecule has 0 spiro atoms. The Labute approximate surface area is 61.5 Å². The van der Waals surface area contributed by atoms with Crippen LogP contribution in [-0.2, 0) is 4.79 Å². The van der Waals surface area contributed by atoms with Crippen molar-refractivity contribution in [3.05, 3.63) is 18.2 Å². The molecule has 54 valence electrons. The lowest BCUT2D eigenvalue weighted by Gasteiger charge is -1.89. The number of aromatic nitrogens is 2. The van der Waals surface area contributed by atoms with Crippen molar-refractivity contribution in [1.82, 2.24) is 9.97 Å². The van der Waals surface area contributed by atoms with Gasteiger partial charge in [0.05, 0.1) is 11.9 Å². The molecule has 1 amide bonds. The standard InChI is InChI=1S/C6H3N3O2/c10-5-4-3(9-6(5)11)1-7-2-8-4/h1-2H,(H,9,10,11). The fraction of sp³-hybridized carbons (Fsp3) is 0. The molecular weight excluding hydrogens is 146 g/mol. The maximum Gasteiger partial charge on any atom is 0.298 e. The van der Waals surface area contributed by atoms with Gasteiger partial charge >= 0.3 is 0 Å². The van der Waals surface area contributed by atoms with Gasteiger partial charge in [-0.05, 0) is 0 Å². The Morgan fingerprint density at radius 2 is 2.18 bits per heavy atom. The van der Waals surface area contributed by atoms with Crippen molar-refractivity contribution in [3.63, 3.8) is 0 Å². The minimum absolute atomic E-state index is 0.157. The zero-order valence-corrected chi connectivity index (χ0v) is 5.37. The van der Waals surface area contributed by atoms with E-state index in [4.69, 9.17) is 0 Å². The van der Waals surface area contributed by atoms with Crippen LogP contribution in [0.2, 0.25) is 0 Å². The highest BCUT2D eigenvalue weighted by Gasteiger charge is 2.28. The zero-order valence-electron chi connectivity index (χ0n) is 5.37. The molecule has 1 aliphatic heterocycles. The molecule has 0 saturated heterocycles. The maximum absolute atomic E-state index is 10.9. The Bertz CT molecular complexity index is 347. The van der Waals surface area contributed by atoms with E-state index in [0.29, 0.717) is 5.69 Å². The lowest BCUT2D eigenvalue weighted by Crippen LogP contribution is -2.12. The number of rotatable bonds is 0. The van der Waals surface area contributed by atoms with Gasteiger partial charge in [0.1, 0.15) is 12.0 Å². The van der Waals surface area contributed by atoms with E-state index in [1.807, 2.05) is 0 Å². The number of hydrogen-bond donors (Lipinski definition) is 1. The summed E-state index contributed by atoms with van der Waals surface area (Å²) in [6.07, 6.45) is 2.63. The summed E-state index contributed by atoms with van der Waals surface area (Å²) in [7, 11) is 0. The number of hydrogen-bond acceptors (Lipinski definition) is 4. The molecule has 0 saturated carbocycles. The number of amides is 1. The maximum atomic E-state index is 10.9. The van der Waals surface area contributed by atoms with Crippen LogP contribution in [0.3, 0.4) is 0 Å². The van der Waals surface area contributed by atoms with E-state index in [2.05, 4.69) is 15.3 Å². The third kappa shape index (κ3) is 0.706.